The molecule has 0 heterocycles. The van der Waals surface area contributed by atoms with Crippen LogP contribution in [0.1, 0.15) is 26.3 Å². The van der Waals surface area contributed by atoms with Gasteiger partial charge < -0.3 is 15.8 Å². The summed E-state index contributed by atoms with van der Waals surface area (Å²) in [5.74, 6) is -0.857. The van der Waals surface area contributed by atoms with E-state index in [0.717, 1.165) is 5.56 Å². The highest BCUT2D eigenvalue weighted by Crippen LogP contribution is 2.18. The maximum absolute atomic E-state index is 12.1. The van der Waals surface area contributed by atoms with Crippen molar-refractivity contribution in [1.82, 2.24) is 5.32 Å². The first-order chi connectivity index (χ1) is 12.2. The predicted molar refractivity (Wildman–Crippen MR) is 89.0 cm³/mol. The van der Waals surface area contributed by atoms with Gasteiger partial charge in [0.25, 0.3) is 5.91 Å². The van der Waals surface area contributed by atoms with Crippen LogP contribution in [0.2, 0.25) is 0 Å². The molecule has 0 saturated carbocycles. The smallest absolute Gasteiger partial charge is 0.422 e. The number of primary amides is 1. The van der Waals surface area contributed by atoms with Gasteiger partial charge in [-0.05, 0) is 48.4 Å². The van der Waals surface area contributed by atoms with Crippen molar-refractivity contribution in [2.45, 2.75) is 12.6 Å². The van der Waals surface area contributed by atoms with Crippen LogP contribution in [0.15, 0.2) is 48.5 Å². The lowest BCUT2D eigenvalue weighted by Gasteiger charge is -2.10. The topological polar surface area (TPSA) is 81.4 Å². The standard InChI is InChI=1S/C18H17F3N2O3/c19-18(20,21)11-26-15-6-4-13(5-7-15)17(25)23-9-8-12-2-1-3-14(10-12)16(22)24/h1-7,10H,8-9,11H2,(H2,22,24)(H,23,25). The summed E-state index contributed by atoms with van der Waals surface area (Å²) in [6, 6.07) is 12.1. The van der Waals surface area contributed by atoms with E-state index in [1.807, 2.05) is 6.07 Å². The summed E-state index contributed by atoms with van der Waals surface area (Å²) in [7, 11) is 0. The van der Waals surface area contributed by atoms with E-state index in [4.69, 9.17) is 5.73 Å². The number of halogens is 3. The maximum Gasteiger partial charge on any atom is 0.422 e. The molecule has 8 heteroatoms. The molecule has 2 aromatic carbocycles. The lowest BCUT2D eigenvalue weighted by atomic mass is 10.1. The molecule has 2 amide bonds. The lowest BCUT2D eigenvalue weighted by molar-refractivity contribution is -0.153. The monoisotopic (exact) mass is 366 g/mol. The maximum atomic E-state index is 12.1. The Labute approximate surface area is 148 Å². The van der Waals surface area contributed by atoms with Crippen LogP contribution in [-0.4, -0.2) is 31.1 Å². The van der Waals surface area contributed by atoms with Gasteiger partial charge >= 0.3 is 6.18 Å². The number of carbonyl (C=O) groups is 2. The van der Waals surface area contributed by atoms with Gasteiger partial charge in [0.2, 0.25) is 5.91 Å². The average Bonchev–Trinajstić information content (AvgIpc) is 2.60. The van der Waals surface area contributed by atoms with E-state index in [9.17, 15) is 22.8 Å². The minimum absolute atomic E-state index is 0.0298. The molecule has 3 N–H and O–H groups in total. The molecule has 0 radical (unpaired) electrons. The number of carbonyl (C=O) groups excluding carboxylic acids is 2. The molecule has 2 aromatic rings. The van der Waals surface area contributed by atoms with Crippen LogP contribution in [0.5, 0.6) is 5.75 Å². The van der Waals surface area contributed by atoms with Crippen molar-refractivity contribution in [3.8, 4) is 5.75 Å². The van der Waals surface area contributed by atoms with Gasteiger partial charge in [0.15, 0.2) is 6.61 Å². The van der Waals surface area contributed by atoms with Crippen molar-refractivity contribution in [3.05, 3.63) is 65.2 Å². The third-order valence-electron chi connectivity index (χ3n) is 3.43. The molecule has 0 saturated heterocycles. The number of amides is 2. The largest absolute Gasteiger partial charge is 0.484 e. The zero-order valence-corrected chi connectivity index (χ0v) is 13.7. The molecule has 0 bridgehead atoms. The Morgan fingerprint density at radius 2 is 1.73 bits per heavy atom. The van der Waals surface area contributed by atoms with Gasteiger partial charge in [-0.3, -0.25) is 9.59 Å². The van der Waals surface area contributed by atoms with Gasteiger partial charge in [-0.25, -0.2) is 0 Å². The molecule has 0 aliphatic rings. The van der Waals surface area contributed by atoms with Gasteiger partial charge in [-0.1, -0.05) is 12.1 Å². The van der Waals surface area contributed by atoms with Crippen LogP contribution in [0, 0.1) is 0 Å². The van der Waals surface area contributed by atoms with Crippen molar-refractivity contribution in [1.29, 1.82) is 0 Å². The van der Waals surface area contributed by atoms with Gasteiger partial charge in [0.05, 0.1) is 0 Å². The number of hydrogen-bond donors (Lipinski definition) is 2. The van der Waals surface area contributed by atoms with E-state index >= 15 is 0 Å². The molecule has 0 atom stereocenters. The minimum atomic E-state index is -4.41. The van der Waals surface area contributed by atoms with Gasteiger partial charge in [0.1, 0.15) is 5.75 Å². The normalized spacial score (nSPS) is 11.0. The highest BCUT2D eigenvalue weighted by molar-refractivity contribution is 5.94. The SMILES string of the molecule is NC(=O)c1cccc(CCNC(=O)c2ccc(OCC(F)(F)F)cc2)c1. The number of nitrogens with two attached hydrogens (primary N) is 1. The van der Waals surface area contributed by atoms with Crippen molar-refractivity contribution >= 4 is 11.8 Å². The summed E-state index contributed by atoms with van der Waals surface area (Å²) in [6.07, 6.45) is -3.92. The van der Waals surface area contributed by atoms with Crippen LogP contribution in [0.3, 0.4) is 0 Å². The summed E-state index contributed by atoms with van der Waals surface area (Å²) in [4.78, 5) is 23.2. The van der Waals surface area contributed by atoms with Crippen LogP contribution in [0.25, 0.3) is 0 Å². The molecule has 2 rings (SSSR count). The number of alkyl halides is 3. The molecular weight excluding hydrogens is 349 g/mol. The predicted octanol–water partition coefficient (Wildman–Crippen LogP) is 2.70. The Bertz CT molecular complexity index is 774. The first kappa shape index (κ1) is 19.3. The molecule has 0 fully saturated rings. The summed E-state index contributed by atoms with van der Waals surface area (Å²) in [5.41, 5.74) is 6.75. The number of rotatable bonds is 7. The third-order valence-corrected chi connectivity index (χ3v) is 3.43. The van der Waals surface area contributed by atoms with E-state index in [2.05, 4.69) is 10.1 Å². The van der Waals surface area contributed by atoms with E-state index in [1.165, 1.54) is 24.3 Å². The third kappa shape index (κ3) is 6.12. The summed E-state index contributed by atoms with van der Waals surface area (Å²) in [6.45, 7) is -1.06. The van der Waals surface area contributed by atoms with Gasteiger partial charge in [0, 0.05) is 17.7 Å². The quantitative estimate of drug-likeness (QED) is 0.791. The van der Waals surface area contributed by atoms with Crippen molar-refractivity contribution in [2.75, 3.05) is 13.2 Å². The summed E-state index contributed by atoms with van der Waals surface area (Å²) < 4.78 is 40.8. The molecular formula is C18H17F3N2O3. The molecule has 5 nitrogen and oxygen atoms in total. The van der Waals surface area contributed by atoms with Crippen LogP contribution >= 0.6 is 0 Å². The van der Waals surface area contributed by atoms with E-state index in [1.54, 1.807) is 18.2 Å². The minimum Gasteiger partial charge on any atom is -0.484 e. The highest BCUT2D eigenvalue weighted by atomic mass is 19.4. The fourth-order valence-corrected chi connectivity index (χ4v) is 2.17. The number of benzene rings is 2. The molecule has 0 aliphatic carbocycles. The summed E-state index contributed by atoms with van der Waals surface area (Å²) >= 11 is 0. The van der Waals surface area contributed by atoms with Crippen LogP contribution < -0.4 is 15.8 Å². The zero-order valence-electron chi connectivity index (χ0n) is 13.7. The van der Waals surface area contributed by atoms with Crippen molar-refractivity contribution < 1.29 is 27.5 Å². The Balaban J connectivity index is 1.84. The molecule has 0 aromatic heterocycles. The van der Waals surface area contributed by atoms with Crippen molar-refractivity contribution in [2.24, 2.45) is 5.73 Å². The van der Waals surface area contributed by atoms with E-state index in [-0.39, 0.29) is 11.7 Å². The first-order valence-corrected chi connectivity index (χ1v) is 7.71. The zero-order chi connectivity index (χ0) is 19.2. The fourth-order valence-electron chi connectivity index (χ4n) is 2.17. The molecule has 0 aliphatic heterocycles. The van der Waals surface area contributed by atoms with Gasteiger partial charge in [-0.2, -0.15) is 13.2 Å². The molecule has 0 spiro atoms. The summed E-state index contributed by atoms with van der Waals surface area (Å²) in [5, 5.41) is 2.70. The Kier molecular flexibility index (Phi) is 6.21. The van der Waals surface area contributed by atoms with E-state index in [0.29, 0.717) is 24.1 Å². The Morgan fingerprint density at radius 1 is 1.04 bits per heavy atom. The average molecular weight is 366 g/mol. The first-order valence-electron chi connectivity index (χ1n) is 7.71. The fraction of sp³-hybridized carbons (Fsp3) is 0.222. The Hall–Kier alpha value is -3.03. The second-order valence-electron chi connectivity index (χ2n) is 5.50. The van der Waals surface area contributed by atoms with Gasteiger partial charge in [-0.15, -0.1) is 0 Å². The number of nitrogens with one attached hydrogen (secondary N) is 1. The second kappa shape index (κ2) is 8.37. The molecule has 138 valence electrons. The molecule has 26 heavy (non-hydrogen) atoms. The van der Waals surface area contributed by atoms with Crippen LogP contribution in [-0.2, 0) is 6.42 Å². The van der Waals surface area contributed by atoms with Crippen molar-refractivity contribution in [3.63, 3.8) is 0 Å². The lowest BCUT2D eigenvalue weighted by Crippen LogP contribution is -2.25. The highest BCUT2D eigenvalue weighted by Gasteiger charge is 2.28. The Morgan fingerprint density at radius 3 is 2.35 bits per heavy atom. The van der Waals surface area contributed by atoms with E-state index < -0.39 is 18.7 Å². The molecule has 0 unspecified atom stereocenters. The van der Waals surface area contributed by atoms with Crippen LogP contribution in [0.4, 0.5) is 13.2 Å². The second-order valence-corrected chi connectivity index (χ2v) is 5.50. The number of ether oxygens (including phenoxy) is 1. The number of hydrogen-bond acceptors (Lipinski definition) is 3.